The van der Waals surface area contributed by atoms with E-state index in [4.69, 9.17) is 4.74 Å². The molecule has 19 heavy (non-hydrogen) atoms. The molecule has 1 N–H and O–H groups in total. The molecule has 0 saturated carbocycles. The van der Waals surface area contributed by atoms with Crippen molar-refractivity contribution in [3.05, 3.63) is 29.8 Å². The van der Waals surface area contributed by atoms with Crippen LogP contribution in [0.25, 0.3) is 0 Å². The van der Waals surface area contributed by atoms with Gasteiger partial charge in [0, 0.05) is 31.7 Å². The minimum Gasteiger partial charge on any atom is -0.494 e. The van der Waals surface area contributed by atoms with Gasteiger partial charge in [0.15, 0.2) is 0 Å². The second kappa shape index (κ2) is 6.40. The quantitative estimate of drug-likeness (QED) is 0.883. The topological polar surface area (TPSA) is 24.5 Å². The lowest BCUT2D eigenvalue weighted by molar-refractivity contribution is 0.0827. The van der Waals surface area contributed by atoms with Gasteiger partial charge < -0.3 is 10.1 Å². The molecule has 1 saturated heterocycles. The van der Waals surface area contributed by atoms with Crippen LogP contribution in [0, 0.1) is 0 Å². The van der Waals surface area contributed by atoms with Gasteiger partial charge in [-0.1, -0.05) is 19.1 Å². The van der Waals surface area contributed by atoms with Gasteiger partial charge in [0.05, 0.1) is 6.61 Å². The van der Waals surface area contributed by atoms with Gasteiger partial charge >= 0.3 is 0 Å². The Hall–Kier alpha value is -1.06. The summed E-state index contributed by atoms with van der Waals surface area (Å²) in [4.78, 5) is 2.55. The van der Waals surface area contributed by atoms with E-state index in [0.29, 0.717) is 0 Å². The van der Waals surface area contributed by atoms with E-state index in [-0.39, 0.29) is 5.54 Å². The Kier molecular flexibility index (Phi) is 4.83. The van der Waals surface area contributed by atoms with E-state index in [9.17, 15) is 0 Å². The van der Waals surface area contributed by atoms with Crippen LogP contribution in [0.2, 0.25) is 0 Å². The zero-order valence-electron chi connectivity index (χ0n) is 12.4. The van der Waals surface area contributed by atoms with E-state index in [1.165, 1.54) is 5.56 Å². The fourth-order valence-corrected chi connectivity index (χ4v) is 2.45. The van der Waals surface area contributed by atoms with E-state index >= 15 is 0 Å². The molecule has 1 aliphatic rings. The first kappa shape index (κ1) is 14.4. The molecule has 0 aromatic heterocycles. The molecule has 1 aromatic carbocycles. The summed E-state index contributed by atoms with van der Waals surface area (Å²) < 4.78 is 5.62. The highest BCUT2D eigenvalue weighted by molar-refractivity contribution is 5.27. The molecule has 1 aromatic rings. The number of nitrogens with one attached hydrogen (secondary N) is 1. The van der Waals surface area contributed by atoms with Crippen LogP contribution in [-0.4, -0.2) is 36.7 Å². The Morgan fingerprint density at radius 2 is 2.00 bits per heavy atom. The molecule has 1 aliphatic heterocycles. The highest BCUT2D eigenvalue weighted by atomic mass is 16.5. The van der Waals surface area contributed by atoms with Crippen LogP contribution in [0.4, 0.5) is 0 Å². The zero-order chi connectivity index (χ0) is 13.7. The van der Waals surface area contributed by atoms with Crippen LogP contribution in [0.5, 0.6) is 5.75 Å². The Balaban J connectivity index is 1.95. The van der Waals surface area contributed by atoms with E-state index in [1.807, 2.05) is 0 Å². The molecule has 2 rings (SSSR count). The third kappa shape index (κ3) is 3.95. The summed E-state index contributed by atoms with van der Waals surface area (Å²) in [5, 5.41) is 3.46. The summed E-state index contributed by atoms with van der Waals surface area (Å²) >= 11 is 0. The van der Waals surface area contributed by atoms with Gasteiger partial charge in [0.2, 0.25) is 0 Å². The fraction of sp³-hybridized carbons (Fsp3) is 0.625. The molecule has 0 bridgehead atoms. The lowest BCUT2D eigenvalue weighted by Crippen LogP contribution is -2.57. The number of piperazine rings is 1. The number of benzene rings is 1. The molecule has 106 valence electrons. The summed E-state index contributed by atoms with van der Waals surface area (Å²) in [5.74, 6) is 0.977. The van der Waals surface area contributed by atoms with Gasteiger partial charge in [0.25, 0.3) is 0 Å². The van der Waals surface area contributed by atoms with Gasteiger partial charge in [-0.25, -0.2) is 0 Å². The van der Waals surface area contributed by atoms with Gasteiger partial charge in [0.1, 0.15) is 5.75 Å². The van der Waals surface area contributed by atoms with Gasteiger partial charge in [-0.05, 0) is 38.0 Å². The first-order valence-corrected chi connectivity index (χ1v) is 7.29. The normalized spacial score (nSPS) is 19.3. The predicted octanol–water partition coefficient (Wildman–Crippen LogP) is 2.66. The predicted molar refractivity (Wildman–Crippen MR) is 79.6 cm³/mol. The number of ether oxygens (including phenoxy) is 1. The second-order valence-corrected chi connectivity index (χ2v) is 5.90. The van der Waals surface area contributed by atoms with Crippen LogP contribution in [0.1, 0.15) is 32.8 Å². The fourth-order valence-electron chi connectivity index (χ4n) is 2.45. The summed E-state index contributed by atoms with van der Waals surface area (Å²) in [5.41, 5.74) is 1.59. The first-order chi connectivity index (χ1) is 9.12. The van der Waals surface area contributed by atoms with Crippen LogP contribution in [0.15, 0.2) is 24.3 Å². The Morgan fingerprint density at radius 3 is 2.63 bits per heavy atom. The van der Waals surface area contributed by atoms with E-state index in [2.05, 4.69) is 55.3 Å². The maximum atomic E-state index is 5.62. The van der Waals surface area contributed by atoms with Crippen molar-refractivity contribution in [3.8, 4) is 5.75 Å². The average Bonchev–Trinajstić information content (AvgIpc) is 2.40. The lowest BCUT2D eigenvalue weighted by atomic mass is 9.99. The van der Waals surface area contributed by atoms with Gasteiger partial charge in [-0.2, -0.15) is 0 Å². The average molecular weight is 262 g/mol. The highest BCUT2D eigenvalue weighted by Gasteiger charge is 2.29. The van der Waals surface area contributed by atoms with Crippen molar-refractivity contribution in [1.29, 1.82) is 0 Å². The van der Waals surface area contributed by atoms with Crippen molar-refractivity contribution in [2.45, 2.75) is 39.3 Å². The summed E-state index contributed by atoms with van der Waals surface area (Å²) in [6.45, 7) is 11.8. The highest BCUT2D eigenvalue weighted by Crippen LogP contribution is 2.20. The Bertz CT molecular complexity index is 386. The molecule has 0 unspecified atom stereocenters. The van der Waals surface area contributed by atoms with Gasteiger partial charge in [-0.3, -0.25) is 4.90 Å². The van der Waals surface area contributed by atoms with Crippen molar-refractivity contribution >= 4 is 0 Å². The minimum atomic E-state index is 0.232. The minimum absolute atomic E-state index is 0.232. The van der Waals surface area contributed by atoms with Crippen LogP contribution in [0.3, 0.4) is 0 Å². The van der Waals surface area contributed by atoms with Crippen LogP contribution >= 0.6 is 0 Å². The van der Waals surface area contributed by atoms with E-state index in [0.717, 1.165) is 45.0 Å². The number of nitrogens with zero attached hydrogens (tertiary/aromatic N) is 1. The summed E-state index contributed by atoms with van der Waals surface area (Å²) in [6.07, 6.45) is 1.05. The van der Waals surface area contributed by atoms with Crippen molar-refractivity contribution < 1.29 is 4.74 Å². The van der Waals surface area contributed by atoms with E-state index < -0.39 is 0 Å². The van der Waals surface area contributed by atoms with E-state index in [1.54, 1.807) is 0 Å². The molecule has 0 aliphatic carbocycles. The largest absolute Gasteiger partial charge is 0.494 e. The summed E-state index contributed by atoms with van der Waals surface area (Å²) in [6, 6.07) is 8.53. The smallest absolute Gasteiger partial charge is 0.119 e. The molecule has 0 amide bonds. The lowest BCUT2D eigenvalue weighted by Gasteiger charge is -2.42. The van der Waals surface area contributed by atoms with Crippen molar-refractivity contribution in [2.75, 3.05) is 26.2 Å². The van der Waals surface area contributed by atoms with Crippen molar-refractivity contribution in [3.63, 3.8) is 0 Å². The molecule has 0 radical (unpaired) electrons. The Morgan fingerprint density at radius 1 is 1.26 bits per heavy atom. The maximum absolute atomic E-state index is 5.62. The maximum Gasteiger partial charge on any atom is 0.119 e. The molecule has 3 heteroatoms. The number of hydrogen-bond acceptors (Lipinski definition) is 3. The monoisotopic (exact) mass is 262 g/mol. The molecule has 3 nitrogen and oxygen atoms in total. The summed E-state index contributed by atoms with van der Waals surface area (Å²) in [7, 11) is 0. The SMILES string of the molecule is CCCOc1ccc(CN2CCNCC2(C)C)cc1. The van der Waals surface area contributed by atoms with Crippen LogP contribution in [-0.2, 0) is 6.54 Å². The second-order valence-electron chi connectivity index (χ2n) is 5.90. The molecular formula is C16H26N2O. The standard InChI is InChI=1S/C16H26N2O/c1-4-11-19-15-7-5-14(6-8-15)12-18-10-9-17-13-16(18,2)3/h5-8,17H,4,9-13H2,1-3H3. The molecule has 1 fully saturated rings. The number of hydrogen-bond donors (Lipinski definition) is 1. The number of rotatable bonds is 5. The van der Waals surface area contributed by atoms with Crippen molar-refractivity contribution in [1.82, 2.24) is 10.2 Å². The molecular weight excluding hydrogens is 236 g/mol. The molecule has 0 atom stereocenters. The van der Waals surface area contributed by atoms with Crippen LogP contribution < -0.4 is 10.1 Å². The molecule has 1 heterocycles. The van der Waals surface area contributed by atoms with Crippen molar-refractivity contribution in [2.24, 2.45) is 0 Å². The third-order valence-corrected chi connectivity index (χ3v) is 3.74. The zero-order valence-corrected chi connectivity index (χ0v) is 12.4. The Labute approximate surface area is 116 Å². The van der Waals surface area contributed by atoms with Gasteiger partial charge in [-0.15, -0.1) is 0 Å². The third-order valence-electron chi connectivity index (χ3n) is 3.74. The first-order valence-electron chi connectivity index (χ1n) is 7.29. The molecule has 0 spiro atoms.